The molecule has 3 aromatic rings. The van der Waals surface area contributed by atoms with Gasteiger partial charge in [0.1, 0.15) is 0 Å². The molecule has 0 aliphatic carbocycles. The molecule has 10 heteroatoms. The topological polar surface area (TPSA) is 82.2 Å². The summed E-state index contributed by atoms with van der Waals surface area (Å²) in [6, 6.07) is 11.0. The molecule has 2 aromatic carbocycles. The number of nitrogens with zero attached hydrogens (tertiary/aromatic N) is 2. The molecule has 0 aliphatic heterocycles. The first-order valence-electron chi connectivity index (χ1n) is 10.4. The van der Waals surface area contributed by atoms with E-state index in [-0.39, 0.29) is 18.4 Å². The molecule has 0 unspecified atom stereocenters. The Hall–Kier alpha value is -3.01. The number of aromatic nitrogens is 1. The van der Waals surface area contributed by atoms with Gasteiger partial charge in [0, 0.05) is 23.9 Å². The maximum Gasteiger partial charge on any atom is 0.346 e. The van der Waals surface area contributed by atoms with Gasteiger partial charge < -0.3 is 19.5 Å². The van der Waals surface area contributed by atoms with E-state index < -0.39 is 0 Å². The van der Waals surface area contributed by atoms with Crippen LogP contribution in [0.3, 0.4) is 0 Å². The van der Waals surface area contributed by atoms with Gasteiger partial charge >= 0.3 is 6.03 Å². The number of carbonyl (C=O) groups is 1. The van der Waals surface area contributed by atoms with Crippen LogP contribution < -0.4 is 24.6 Å². The monoisotopic (exact) mass is 507 g/mol. The van der Waals surface area contributed by atoms with E-state index >= 15 is 0 Å². The number of hydrogen-bond acceptors (Lipinski definition) is 7. The molecule has 1 N–H and O–H groups in total. The highest BCUT2D eigenvalue weighted by Gasteiger charge is 2.20. The first kappa shape index (κ1) is 27.2. The van der Waals surface area contributed by atoms with Gasteiger partial charge in [-0.1, -0.05) is 26.0 Å². The van der Waals surface area contributed by atoms with Gasteiger partial charge in [0.05, 0.1) is 39.0 Å². The van der Waals surface area contributed by atoms with Crippen LogP contribution in [0.5, 0.6) is 17.2 Å². The highest BCUT2D eigenvalue weighted by molar-refractivity contribution is 7.10. The molecular formula is C24H30ClN3O5S. The number of carbonyl (C=O) groups excluding carboxylic acids is 1. The Balaban J connectivity index is 0.00000408. The Morgan fingerprint density at radius 2 is 1.71 bits per heavy atom. The first-order chi connectivity index (χ1) is 15.9. The lowest BCUT2D eigenvalue weighted by atomic mass is 10.0. The van der Waals surface area contributed by atoms with Crippen molar-refractivity contribution in [2.45, 2.75) is 13.8 Å². The smallest absolute Gasteiger partial charge is 0.346 e. The Bertz CT molecular complexity index is 1080. The average Bonchev–Trinajstić information content (AvgIpc) is 3.32. The number of hydroxylamine groups is 1. The number of benzene rings is 2. The summed E-state index contributed by atoms with van der Waals surface area (Å²) >= 11 is 1.36. The number of amides is 2. The molecule has 1 aromatic heterocycles. The SMILES string of the molecule is COc1cc(-c2sncc2-c2cccc(N(OC)C(=O)NCC(C)C)c2)cc(OC)c1OC.Cl. The third kappa shape index (κ3) is 5.91. The molecule has 0 radical (unpaired) electrons. The maximum atomic E-state index is 12.6. The number of anilines is 1. The lowest BCUT2D eigenvalue weighted by molar-refractivity contribution is 0.162. The van der Waals surface area contributed by atoms with Crippen LogP contribution in [0.1, 0.15) is 13.8 Å². The minimum atomic E-state index is -0.323. The molecule has 0 bridgehead atoms. The van der Waals surface area contributed by atoms with Crippen molar-refractivity contribution in [1.29, 1.82) is 0 Å². The summed E-state index contributed by atoms with van der Waals surface area (Å²) in [7, 11) is 6.21. The number of methoxy groups -OCH3 is 3. The average molecular weight is 508 g/mol. The van der Waals surface area contributed by atoms with Crippen LogP contribution in [0.4, 0.5) is 10.5 Å². The molecule has 3 rings (SSSR count). The molecule has 1 heterocycles. The van der Waals surface area contributed by atoms with Crippen molar-refractivity contribution in [3.8, 4) is 38.8 Å². The molecule has 0 saturated heterocycles. The Morgan fingerprint density at radius 1 is 1.03 bits per heavy atom. The summed E-state index contributed by atoms with van der Waals surface area (Å²) < 4.78 is 20.9. The summed E-state index contributed by atoms with van der Waals surface area (Å²) in [5, 5.41) is 4.11. The molecule has 2 amide bonds. The molecule has 184 valence electrons. The second kappa shape index (κ2) is 12.5. The molecule has 34 heavy (non-hydrogen) atoms. The standard InChI is InChI=1S/C24H29N3O5S.ClH/c1-15(2)13-25-24(28)27(32-6)18-9-7-8-16(10-18)19-14-26-33-23(19)17-11-20(29-3)22(31-5)21(12-17)30-4;/h7-12,14-15H,13H2,1-6H3,(H,25,28);1H. The summed E-state index contributed by atoms with van der Waals surface area (Å²) in [5.41, 5.74) is 3.29. The van der Waals surface area contributed by atoms with E-state index in [1.807, 2.05) is 50.2 Å². The van der Waals surface area contributed by atoms with Crippen molar-refractivity contribution < 1.29 is 23.8 Å². The largest absolute Gasteiger partial charge is 0.493 e. The molecule has 0 aliphatic rings. The second-order valence-electron chi connectivity index (χ2n) is 7.59. The van der Waals surface area contributed by atoms with E-state index in [0.717, 1.165) is 21.6 Å². The van der Waals surface area contributed by atoms with Crippen molar-refractivity contribution in [2.24, 2.45) is 5.92 Å². The van der Waals surface area contributed by atoms with Crippen molar-refractivity contribution in [1.82, 2.24) is 9.69 Å². The fourth-order valence-corrected chi connectivity index (χ4v) is 4.09. The van der Waals surface area contributed by atoms with E-state index in [0.29, 0.717) is 35.4 Å². The number of rotatable bonds is 9. The third-order valence-corrected chi connectivity index (χ3v) is 5.77. The van der Waals surface area contributed by atoms with E-state index in [1.165, 1.54) is 23.7 Å². The Morgan fingerprint density at radius 3 is 2.26 bits per heavy atom. The van der Waals surface area contributed by atoms with Crippen LogP contribution in [0.15, 0.2) is 42.6 Å². The van der Waals surface area contributed by atoms with Crippen molar-refractivity contribution in [3.63, 3.8) is 0 Å². The molecule has 0 fully saturated rings. The van der Waals surface area contributed by atoms with Crippen LogP contribution in [0, 0.1) is 5.92 Å². The van der Waals surface area contributed by atoms with Crippen molar-refractivity contribution in [2.75, 3.05) is 40.0 Å². The van der Waals surface area contributed by atoms with Gasteiger partial charge in [0.25, 0.3) is 0 Å². The van der Waals surface area contributed by atoms with Gasteiger partial charge in [-0.3, -0.25) is 4.84 Å². The van der Waals surface area contributed by atoms with E-state index in [2.05, 4.69) is 9.69 Å². The second-order valence-corrected chi connectivity index (χ2v) is 8.39. The molecule has 0 saturated carbocycles. The predicted molar refractivity (Wildman–Crippen MR) is 138 cm³/mol. The van der Waals surface area contributed by atoms with Crippen LogP contribution in [0.25, 0.3) is 21.6 Å². The molecule has 0 spiro atoms. The lowest BCUT2D eigenvalue weighted by Crippen LogP contribution is -2.40. The highest BCUT2D eigenvalue weighted by atomic mass is 35.5. The summed E-state index contributed by atoms with van der Waals surface area (Å²) in [4.78, 5) is 18.9. The zero-order chi connectivity index (χ0) is 24.0. The number of halogens is 1. The van der Waals surface area contributed by atoms with Gasteiger partial charge in [0.2, 0.25) is 5.75 Å². The van der Waals surface area contributed by atoms with Gasteiger partial charge in [-0.25, -0.2) is 4.79 Å². The summed E-state index contributed by atoms with van der Waals surface area (Å²) in [5.74, 6) is 1.98. The summed E-state index contributed by atoms with van der Waals surface area (Å²) in [6.07, 6.45) is 1.80. The first-order valence-corrected chi connectivity index (χ1v) is 11.2. The minimum Gasteiger partial charge on any atom is -0.493 e. The van der Waals surface area contributed by atoms with Crippen molar-refractivity contribution in [3.05, 3.63) is 42.6 Å². The number of urea groups is 1. The van der Waals surface area contributed by atoms with E-state index in [4.69, 9.17) is 19.0 Å². The third-order valence-electron chi connectivity index (χ3n) is 4.92. The van der Waals surface area contributed by atoms with Gasteiger partial charge in [-0.05, 0) is 47.3 Å². The molecule has 8 nitrogen and oxygen atoms in total. The van der Waals surface area contributed by atoms with Gasteiger partial charge in [-0.2, -0.15) is 9.44 Å². The van der Waals surface area contributed by atoms with Crippen LogP contribution in [-0.2, 0) is 4.84 Å². The quantitative estimate of drug-likeness (QED) is 0.376. The van der Waals surface area contributed by atoms with Gasteiger partial charge in [-0.15, -0.1) is 12.4 Å². The minimum absolute atomic E-state index is 0. The predicted octanol–water partition coefficient (Wildman–Crippen LogP) is 5.66. The number of hydrogen-bond donors (Lipinski definition) is 1. The molecular weight excluding hydrogens is 478 g/mol. The normalized spacial score (nSPS) is 10.4. The lowest BCUT2D eigenvalue weighted by Gasteiger charge is -2.21. The van der Waals surface area contributed by atoms with E-state index in [9.17, 15) is 4.79 Å². The zero-order valence-corrected chi connectivity index (χ0v) is 21.7. The zero-order valence-electron chi connectivity index (χ0n) is 20.1. The fraction of sp³-hybridized carbons (Fsp3) is 0.333. The van der Waals surface area contributed by atoms with E-state index in [1.54, 1.807) is 27.5 Å². The van der Waals surface area contributed by atoms with Crippen LogP contribution in [0.2, 0.25) is 0 Å². The number of nitrogens with one attached hydrogen (secondary N) is 1. The highest BCUT2D eigenvalue weighted by Crippen LogP contribution is 2.44. The van der Waals surface area contributed by atoms with Crippen LogP contribution in [-0.4, -0.2) is 45.4 Å². The Labute approximate surface area is 210 Å². The van der Waals surface area contributed by atoms with Crippen molar-refractivity contribution >= 4 is 35.7 Å². The van der Waals surface area contributed by atoms with Gasteiger partial charge in [0.15, 0.2) is 11.5 Å². The Kier molecular flexibility index (Phi) is 9.97. The fourth-order valence-electron chi connectivity index (χ4n) is 3.33. The maximum absolute atomic E-state index is 12.6. The number of ether oxygens (including phenoxy) is 3. The summed E-state index contributed by atoms with van der Waals surface area (Å²) in [6.45, 7) is 4.62. The molecule has 0 atom stereocenters. The van der Waals surface area contributed by atoms with Crippen LogP contribution >= 0.6 is 23.9 Å².